The van der Waals surface area contributed by atoms with Crippen LogP contribution in [0.15, 0.2) is 59.0 Å². The maximum Gasteiger partial charge on any atom is 0.307 e. The SMILES string of the molecule is COCc1cc2cc(COc3cc(C)ccc3CC(=O)O)cc(-c3cccc(CN)c3F)c2o1. The van der Waals surface area contributed by atoms with Gasteiger partial charge in [-0.25, -0.2) is 4.39 Å². The molecule has 3 aromatic carbocycles. The molecule has 34 heavy (non-hydrogen) atoms. The number of carboxylic acid groups (broad SMARTS) is 1. The molecule has 0 aliphatic carbocycles. The Kier molecular flexibility index (Phi) is 6.95. The fourth-order valence-corrected chi connectivity index (χ4v) is 3.98. The lowest BCUT2D eigenvalue weighted by molar-refractivity contribution is -0.136. The minimum absolute atomic E-state index is 0.0818. The van der Waals surface area contributed by atoms with Crippen LogP contribution in [-0.2, 0) is 35.7 Å². The Morgan fingerprint density at radius 2 is 1.88 bits per heavy atom. The van der Waals surface area contributed by atoms with E-state index in [1.807, 2.05) is 37.3 Å². The van der Waals surface area contributed by atoms with Crippen molar-refractivity contribution in [3.63, 3.8) is 0 Å². The molecule has 0 saturated heterocycles. The smallest absolute Gasteiger partial charge is 0.307 e. The number of hydrogen-bond donors (Lipinski definition) is 2. The summed E-state index contributed by atoms with van der Waals surface area (Å²) in [5, 5.41) is 10.0. The summed E-state index contributed by atoms with van der Waals surface area (Å²) in [6, 6.07) is 16.1. The molecule has 0 aliphatic rings. The van der Waals surface area contributed by atoms with Crippen molar-refractivity contribution in [2.75, 3.05) is 7.11 Å². The lowest BCUT2D eigenvalue weighted by Gasteiger charge is -2.13. The highest BCUT2D eigenvalue weighted by molar-refractivity contribution is 5.94. The van der Waals surface area contributed by atoms with Crippen LogP contribution in [0.5, 0.6) is 5.75 Å². The van der Waals surface area contributed by atoms with Crippen LogP contribution in [0.1, 0.15) is 28.0 Å². The van der Waals surface area contributed by atoms with Gasteiger partial charge in [0, 0.05) is 41.3 Å². The van der Waals surface area contributed by atoms with E-state index in [0.29, 0.717) is 39.3 Å². The third kappa shape index (κ3) is 4.95. The minimum Gasteiger partial charge on any atom is -0.489 e. The molecular weight excluding hydrogens is 437 g/mol. The molecule has 0 radical (unpaired) electrons. The molecule has 0 unspecified atom stereocenters. The Labute approximate surface area is 196 Å². The van der Waals surface area contributed by atoms with Crippen molar-refractivity contribution >= 4 is 16.9 Å². The van der Waals surface area contributed by atoms with E-state index >= 15 is 4.39 Å². The van der Waals surface area contributed by atoms with Crippen molar-refractivity contribution in [3.05, 3.63) is 88.4 Å². The maximum atomic E-state index is 15.2. The second-order valence-corrected chi connectivity index (χ2v) is 8.16. The average Bonchev–Trinajstić information content (AvgIpc) is 3.21. The number of ether oxygens (including phenoxy) is 2. The first-order valence-electron chi connectivity index (χ1n) is 10.9. The van der Waals surface area contributed by atoms with Crippen molar-refractivity contribution < 1.29 is 28.2 Å². The fourth-order valence-electron chi connectivity index (χ4n) is 3.98. The van der Waals surface area contributed by atoms with E-state index in [-0.39, 0.29) is 26.2 Å². The summed E-state index contributed by atoms with van der Waals surface area (Å²) in [6.45, 7) is 2.45. The molecule has 0 atom stereocenters. The van der Waals surface area contributed by atoms with E-state index in [0.717, 1.165) is 16.5 Å². The zero-order valence-corrected chi connectivity index (χ0v) is 19.1. The second-order valence-electron chi connectivity index (χ2n) is 8.16. The summed E-state index contributed by atoms with van der Waals surface area (Å²) in [4.78, 5) is 11.2. The molecule has 0 fully saturated rings. The van der Waals surface area contributed by atoms with Gasteiger partial charge in [-0.15, -0.1) is 0 Å². The predicted octanol–water partition coefficient (Wildman–Crippen LogP) is 5.36. The van der Waals surface area contributed by atoms with Crippen molar-refractivity contribution in [3.8, 4) is 16.9 Å². The molecule has 0 amide bonds. The van der Waals surface area contributed by atoms with Gasteiger partial charge in [0.2, 0.25) is 0 Å². The third-order valence-electron chi connectivity index (χ3n) is 5.56. The molecule has 1 heterocycles. The molecule has 0 saturated carbocycles. The summed E-state index contributed by atoms with van der Waals surface area (Å²) in [5.41, 5.74) is 9.98. The standard InChI is InChI=1S/C27H26FNO5/c1-16-6-7-18(12-25(30)31)24(8-16)33-14-17-9-20-11-21(15-32-2)34-27(20)23(10-17)22-5-3-4-19(13-29)26(22)28/h3-11H,12-15,29H2,1-2H3,(H,30,31). The highest BCUT2D eigenvalue weighted by Crippen LogP contribution is 2.35. The normalized spacial score (nSPS) is 11.2. The largest absolute Gasteiger partial charge is 0.489 e. The number of fused-ring (bicyclic) bond motifs is 1. The molecule has 3 N–H and O–H groups in total. The first kappa shape index (κ1) is 23.5. The molecule has 7 heteroatoms. The molecule has 0 aliphatic heterocycles. The first-order valence-corrected chi connectivity index (χ1v) is 10.9. The highest BCUT2D eigenvalue weighted by Gasteiger charge is 2.17. The number of carboxylic acids is 1. The van der Waals surface area contributed by atoms with Crippen molar-refractivity contribution in [1.82, 2.24) is 0 Å². The van der Waals surface area contributed by atoms with Gasteiger partial charge in [-0.3, -0.25) is 4.79 Å². The Bertz CT molecular complexity index is 1340. The zero-order valence-electron chi connectivity index (χ0n) is 19.1. The lowest BCUT2D eigenvalue weighted by atomic mass is 9.98. The van der Waals surface area contributed by atoms with Crippen LogP contribution in [0.25, 0.3) is 22.1 Å². The number of carbonyl (C=O) groups is 1. The average molecular weight is 464 g/mol. The van der Waals surface area contributed by atoms with Crippen LogP contribution in [0.4, 0.5) is 4.39 Å². The van der Waals surface area contributed by atoms with Crippen LogP contribution >= 0.6 is 0 Å². The van der Waals surface area contributed by atoms with Gasteiger partial charge in [0.05, 0.1) is 6.42 Å². The molecule has 4 rings (SSSR count). The van der Waals surface area contributed by atoms with Gasteiger partial charge in [0.1, 0.15) is 36.1 Å². The number of methoxy groups -OCH3 is 1. The fraction of sp³-hybridized carbons (Fsp3) is 0.222. The van der Waals surface area contributed by atoms with E-state index in [2.05, 4.69) is 0 Å². The number of furan rings is 1. The zero-order chi connectivity index (χ0) is 24.2. The Morgan fingerprint density at radius 1 is 1.06 bits per heavy atom. The first-order chi connectivity index (χ1) is 16.4. The van der Waals surface area contributed by atoms with E-state index in [9.17, 15) is 9.90 Å². The third-order valence-corrected chi connectivity index (χ3v) is 5.56. The van der Waals surface area contributed by atoms with Gasteiger partial charge in [-0.05, 0) is 42.3 Å². The maximum absolute atomic E-state index is 15.2. The number of aryl methyl sites for hydroxylation is 1. The van der Waals surface area contributed by atoms with E-state index in [4.69, 9.17) is 19.6 Å². The molecule has 6 nitrogen and oxygen atoms in total. The van der Waals surface area contributed by atoms with Crippen molar-refractivity contribution in [1.29, 1.82) is 0 Å². The van der Waals surface area contributed by atoms with Crippen LogP contribution in [0.2, 0.25) is 0 Å². The van der Waals surface area contributed by atoms with Gasteiger partial charge in [-0.2, -0.15) is 0 Å². The highest BCUT2D eigenvalue weighted by atomic mass is 19.1. The summed E-state index contributed by atoms with van der Waals surface area (Å²) in [6.07, 6.45) is -0.140. The molecular formula is C27H26FNO5. The molecule has 0 spiro atoms. The monoisotopic (exact) mass is 463 g/mol. The van der Waals surface area contributed by atoms with E-state index < -0.39 is 11.8 Å². The quantitative estimate of drug-likeness (QED) is 0.347. The Balaban J connectivity index is 1.76. The Hall–Kier alpha value is -3.68. The van der Waals surface area contributed by atoms with Gasteiger partial charge in [-0.1, -0.05) is 30.3 Å². The van der Waals surface area contributed by atoms with Crippen LogP contribution in [0.3, 0.4) is 0 Å². The van der Waals surface area contributed by atoms with Crippen LogP contribution in [0, 0.1) is 12.7 Å². The van der Waals surface area contributed by atoms with Crippen molar-refractivity contribution in [2.45, 2.75) is 33.1 Å². The molecule has 4 aromatic rings. The van der Waals surface area contributed by atoms with E-state index in [1.165, 1.54) is 0 Å². The summed E-state index contributed by atoms with van der Waals surface area (Å²) < 4.78 is 32.4. The molecule has 176 valence electrons. The number of hydrogen-bond acceptors (Lipinski definition) is 5. The van der Waals surface area contributed by atoms with Gasteiger partial charge >= 0.3 is 5.97 Å². The number of halogens is 1. The topological polar surface area (TPSA) is 94.9 Å². The molecule has 1 aromatic heterocycles. The summed E-state index contributed by atoms with van der Waals surface area (Å²) in [5.74, 6) is -0.199. The second kappa shape index (κ2) is 10.1. The number of benzene rings is 3. The van der Waals surface area contributed by atoms with Crippen LogP contribution in [-0.4, -0.2) is 18.2 Å². The lowest BCUT2D eigenvalue weighted by Crippen LogP contribution is -2.05. The summed E-state index contributed by atoms with van der Waals surface area (Å²) in [7, 11) is 1.58. The van der Waals surface area contributed by atoms with Gasteiger partial charge < -0.3 is 24.7 Å². The summed E-state index contributed by atoms with van der Waals surface area (Å²) >= 11 is 0. The van der Waals surface area contributed by atoms with Gasteiger partial charge in [0.25, 0.3) is 0 Å². The molecule has 0 bridgehead atoms. The van der Waals surface area contributed by atoms with E-state index in [1.54, 1.807) is 31.4 Å². The Morgan fingerprint density at radius 3 is 2.62 bits per heavy atom. The number of nitrogens with two attached hydrogens (primary N) is 1. The minimum atomic E-state index is -0.934. The van der Waals surface area contributed by atoms with Crippen molar-refractivity contribution in [2.24, 2.45) is 5.73 Å². The van der Waals surface area contributed by atoms with Gasteiger partial charge in [0.15, 0.2) is 0 Å². The van der Waals surface area contributed by atoms with Crippen LogP contribution < -0.4 is 10.5 Å². The number of aliphatic carboxylic acids is 1. The number of rotatable bonds is 9. The predicted molar refractivity (Wildman–Crippen MR) is 127 cm³/mol.